The molecule has 1 aromatic heterocycles. The lowest BCUT2D eigenvalue weighted by atomic mass is 10.2. The SMILES string of the molecule is NC(=O)Cn1c(=O)ccc2cc(Cl)ccc21. The van der Waals surface area contributed by atoms with Gasteiger partial charge in [-0.25, -0.2) is 0 Å². The van der Waals surface area contributed by atoms with E-state index in [1.807, 2.05) is 0 Å². The molecule has 4 nitrogen and oxygen atoms in total. The molecular weight excluding hydrogens is 228 g/mol. The topological polar surface area (TPSA) is 65.1 Å². The predicted molar refractivity (Wildman–Crippen MR) is 62.4 cm³/mol. The van der Waals surface area contributed by atoms with E-state index in [0.717, 1.165) is 5.39 Å². The number of benzene rings is 1. The van der Waals surface area contributed by atoms with Crippen molar-refractivity contribution in [1.29, 1.82) is 0 Å². The van der Waals surface area contributed by atoms with Gasteiger partial charge in [-0.3, -0.25) is 14.2 Å². The Balaban J connectivity index is 2.74. The average molecular weight is 237 g/mol. The van der Waals surface area contributed by atoms with Gasteiger partial charge in [0.15, 0.2) is 0 Å². The molecule has 0 aliphatic rings. The molecule has 1 aromatic carbocycles. The van der Waals surface area contributed by atoms with Gasteiger partial charge in [0, 0.05) is 11.1 Å². The Bertz CT molecular complexity index is 619. The molecule has 0 aliphatic carbocycles. The number of carbonyl (C=O) groups is 1. The summed E-state index contributed by atoms with van der Waals surface area (Å²) in [5.41, 5.74) is 5.48. The highest BCUT2D eigenvalue weighted by atomic mass is 35.5. The van der Waals surface area contributed by atoms with E-state index in [1.165, 1.54) is 10.6 Å². The lowest BCUT2D eigenvalue weighted by Crippen LogP contribution is -2.27. The van der Waals surface area contributed by atoms with E-state index in [0.29, 0.717) is 10.5 Å². The van der Waals surface area contributed by atoms with Crippen molar-refractivity contribution in [3.05, 3.63) is 45.7 Å². The van der Waals surface area contributed by atoms with Crippen molar-refractivity contribution in [2.45, 2.75) is 6.54 Å². The number of primary amides is 1. The van der Waals surface area contributed by atoms with Gasteiger partial charge in [0.05, 0.1) is 5.52 Å². The molecule has 0 fully saturated rings. The van der Waals surface area contributed by atoms with Gasteiger partial charge in [-0.05, 0) is 29.7 Å². The average Bonchev–Trinajstić information content (AvgIpc) is 2.22. The van der Waals surface area contributed by atoms with E-state index < -0.39 is 5.91 Å². The number of nitrogens with two attached hydrogens (primary N) is 1. The molecule has 1 amide bonds. The fraction of sp³-hybridized carbons (Fsp3) is 0.0909. The smallest absolute Gasteiger partial charge is 0.251 e. The van der Waals surface area contributed by atoms with Crippen LogP contribution in [0.25, 0.3) is 10.9 Å². The first-order chi connectivity index (χ1) is 7.58. The van der Waals surface area contributed by atoms with E-state index in [4.69, 9.17) is 17.3 Å². The molecule has 2 rings (SSSR count). The van der Waals surface area contributed by atoms with Gasteiger partial charge in [0.1, 0.15) is 6.54 Å². The first-order valence-electron chi connectivity index (χ1n) is 4.65. The predicted octanol–water partition coefficient (Wildman–Crippen LogP) is 1.14. The molecule has 16 heavy (non-hydrogen) atoms. The molecule has 0 spiro atoms. The Morgan fingerprint density at radius 1 is 1.31 bits per heavy atom. The van der Waals surface area contributed by atoms with Crippen molar-refractivity contribution in [2.24, 2.45) is 5.73 Å². The number of rotatable bonds is 2. The van der Waals surface area contributed by atoms with Gasteiger partial charge in [0.2, 0.25) is 5.91 Å². The zero-order valence-electron chi connectivity index (χ0n) is 8.31. The molecule has 0 saturated heterocycles. The second-order valence-electron chi connectivity index (χ2n) is 3.43. The van der Waals surface area contributed by atoms with Crippen LogP contribution in [0.5, 0.6) is 0 Å². The highest BCUT2D eigenvalue weighted by Crippen LogP contribution is 2.17. The molecule has 0 aliphatic heterocycles. The largest absolute Gasteiger partial charge is 0.368 e. The molecule has 0 unspecified atom stereocenters. The fourth-order valence-electron chi connectivity index (χ4n) is 1.59. The summed E-state index contributed by atoms with van der Waals surface area (Å²) in [5, 5.41) is 1.38. The van der Waals surface area contributed by atoms with Gasteiger partial charge in [-0.15, -0.1) is 0 Å². The minimum absolute atomic E-state index is 0.127. The van der Waals surface area contributed by atoms with Crippen molar-refractivity contribution >= 4 is 28.4 Å². The van der Waals surface area contributed by atoms with Crippen molar-refractivity contribution in [1.82, 2.24) is 4.57 Å². The number of aromatic nitrogens is 1. The third-order valence-electron chi connectivity index (χ3n) is 2.27. The third kappa shape index (κ3) is 1.92. The molecular formula is C11H9ClN2O2. The molecule has 5 heteroatoms. The molecule has 1 heterocycles. The maximum atomic E-state index is 11.6. The fourth-order valence-corrected chi connectivity index (χ4v) is 1.77. The van der Waals surface area contributed by atoms with Crippen LogP contribution in [0.15, 0.2) is 35.1 Å². The van der Waals surface area contributed by atoms with Gasteiger partial charge >= 0.3 is 0 Å². The zero-order chi connectivity index (χ0) is 11.7. The second kappa shape index (κ2) is 3.98. The summed E-state index contributed by atoms with van der Waals surface area (Å²) in [5.74, 6) is -0.551. The van der Waals surface area contributed by atoms with Crippen LogP contribution in [-0.4, -0.2) is 10.5 Å². The molecule has 0 saturated carbocycles. The number of pyridine rings is 1. The summed E-state index contributed by atoms with van der Waals surface area (Å²) in [4.78, 5) is 22.4. The molecule has 0 atom stereocenters. The molecule has 2 aromatic rings. The first kappa shape index (κ1) is 10.7. The van der Waals surface area contributed by atoms with Gasteiger partial charge in [-0.2, -0.15) is 0 Å². The molecule has 0 bridgehead atoms. The number of fused-ring (bicyclic) bond motifs is 1. The molecule has 0 radical (unpaired) electrons. The number of hydrogen-bond donors (Lipinski definition) is 1. The Morgan fingerprint density at radius 2 is 2.06 bits per heavy atom. The normalized spacial score (nSPS) is 10.6. The number of nitrogens with zero attached hydrogens (tertiary/aromatic N) is 1. The summed E-state index contributed by atoms with van der Waals surface area (Å²) in [7, 11) is 0. The van der Waals surface area contributed by atoms with Crippen LogP contribution in [0.2, 0.25) is 5.02 Å². The number of amides is 1. The highest BCUT2D eigenvalue weighted by Gasteiger charge is 2.05. The van der Waals surface area contributed by atoms with Crippen LogP contribution in [0, 0.1) is 0 Å². The molecule has 82 valence electrons. The highest BCUT2D eigenvalue weighted by molar-refractivity contribution is 6.31. The van der Waals surface area contributed by atoms with Crippen LogP contribution in [0.1, 0.15) is 0 Å². The molecule has 2 N–H and O–H groups in total. The van der Waals surface area contributed by atoms with Crippen molar-refractivity contribution in [3.8, 4) is 0 Å². The second-order valence-corrected chi connectivity index (χ2v) is 3.86. The van der Waals surface area contributed by atoms with E-state index in [1.54, 1.807) is 24.3 Å². The quantitative estimate of drug-likeness (QED) is 0.850. The van der Waals surface area contributed by atoms with Gasteiger partial charge in [-0.1, -0.05) is 11.6 Å². The lowest BCUT2D eigenvalue weighted by Gasteiger charge is -2.07. The van der Waals surface area contributed by atoms with E-state index >= 15 is 0 Å². The Hall–Kier alpha value is -1.81. The van der Waals surface area contributed by atoms with E-state index in [-0.39, 0.29) is 12.1 Å². The summed E-state index contributed by atoms with van der Waals surface area (Å²) < 4.78 is 1.33. The summed E-state index contributed by atoms with van der Waals surface area (Å²) in [6, 6.07) is 8.15. The Morgan fingerprint density at radius 3 is 2.75 bits per heavy atom. The van der Waals surface area contributed by atoms with E-state index in [2.05, 4.69) is 0 Å². The van der Waals surface area contributed by atoms with E-state index in [9.17, 15) is 9.59 Å². The zero-order valence-corrected chi connectivity index (χ0v) is 9.07. The number of carbonyl (C=O) groups excluding carboxylic acids is 1. The standard InChI is InChI=1S/C11H9ClN2O2/c12-8-2-3-9-7(5-8)1-4-11(16)14(9)6-10(13)15/h1-5H,6H2,(H2,13,15). The Labute approximate surface area is 96.2 Å². The maximum absolute atomic E-state index is 11.6. The third-order valence-corrected chi connectivity index (χ3v) is 2.50. The maximum Gasteiger partial charge on any atom is 0.251 e. The number of hydrogen-bond acceptors (Lipinski definition) is 2. The monoisotopic (exact) mass is 236 g/mol. The minimum atomic E-state index is -0.551. The minimum Gasteiger partial charge on any atom is -0.368 e. The summed E-state index contributed by atoms with van der Waals surface area (Å²) in [6.07, 6.45) is 0. The lowest BCUT2D eigenvalue weighted by molar-refractivity contribution is -0.118. The summed E-state index contributed by atoms with van der Waals surface area (Å²) >= 11 is 5.84. The van der Waals surface area contributed by atoms with Crippen molar-refractivity contribution in [2.75, 3.05) is 0 Å². The van der Waals surface area contributed by atoms with Crippen molar-refractivity contribution < 1.29 is 4.79 Å². The van der Waals surface area contributed by atoms with Gasteiger partial charge in [0.25, 0.3) is 5.56 Å². The van der Waals surface area contributed by atoms with Crippen LogP contribution in [-0.2, 0) is 11.3 Å². The number of halogens is 1. The Kier molecular flexibility index (Phi) is 2.66. The summed E-state index contributed by atoms with van der Waals surface area (Å²) in [6.45, 7) is -0.127. The van der Waals surface area contributed by atoms with Gasteiger partial charge < -0.3 is 5.73 Å². The van der Waals surface area contributed by atoms with Crippen LogP contribution in [0.4, 0.5) is 0 Å². The first-order valence-corrected chi connectivity index (χ1v) is 5.03. The van der Waals surface area contributed by atoms with Crippen LogP contribution >= 0.6 is 11.6 Å². The van der Waals surface area contributed by atoms with Crippen molar-refractivity contribution in [3.63, 3.8) is 0 Å². The van der Waals surface area contributed by atoms with Crippen LogP contribution < -0.4 is 11.3 Å². The van der Waals surface area contributed by atoms with Crippen LogP contribution in [0.3, 0.4) is 0 Å².